The lowest BCUT2D eigenvalue weighted by molar-refractivity contribution is -0.142. The number of likely N-dealkylation sites (tertiary alicyclic amines) is 1. The first-order valence-electron chi connectivity index (χ1n) is 7.02. The van der Waals surface area contributed by atoms with Gasteiger partial charge in [0.2, 0.25) is 0 Å². The van der Waals surface area contributed by atoms with Gasteiger partial charge in [0, 0.05) is 19.5 Å². The molecule has 0 spiro atoms. The molecule has 1 aliphatic rings. The zero-order valence-electron chi connectivity index (χ0n) is 11.9. The second kappa shape index (κ2) is 6.71. The maximum absolute atomic E-state index is 11.3. The Bertz CT molecular complexity index is 413. The number of aryl methyl sites for hydroxylation is 1. The lowest BCUT2D eigenvalue weighted by atomic mass is 9.94. The molecular weight excluding hydrogens is 238 g/mol. The molecule has 1 fully saturated rings. The van der Waals surface area contributed by atoms with Gasteiger partial charge in [0.15, 0.2) is 0 Å². The topological polar surface area (TPSA) is 29.5 Å². The molecule has 3 heteroatoms. The molecular formula is C16H23NO2. The van der Waals surface area contributed by atoms with E-state index >= 15 is 0 Å². The van der Waals surface area contributed by atoms with Crippen LogP contribution in [0.15, 0.2) is 24.3 Å². The molecule has 104 valence electrons. The number of benzene rings is 1. The number of methoxy groups -OCH3 is 1. The van der Waals surface area contributed by atoms with E-state index in [-0.39, 0.29) is 5.97 Å². The second-order valence-corrected chi connectivity index (χ2v) is 5.51. The Morgan fingerprint density at radius 3 is 2.79 bits per heavy atom. The molecule has 0 amide bonds. The Kier molecular flexibility index (Phi) is 4.97. The zero-order valence-corrected chi connectivity index (χ0v) is 11.9. The first-order chi connectivity index (χ1) is 9.17. The van der Waals surface area contributed by atoms with E-state index in [1.807, 2.05) is 0 Å². The fraction of sp³-hybridized carbons (Fsp3) is 0.562. The molecule has 1 aromatic rings. The van der Waals surface area contributed by atoms with Gasteiger partial charge in [-0.15, -0.1) is 0 Å². The highest BCUT2D eigenvalue weighted by atomic mass is 16.5. The summed E-state index contributed by atoms with van der Waals surface area (Å²) in [5, 5.41) is 0. The van der Waals surface area contributed by atoms with Gasteiger partial charge in [0.25, 0.3) is 0 Å². The van der Waals surface area contributed by atoms with Gasteiger partial charge in [-0.25, -0.2) is 0 Å². The first-order valence-corrected chi connectivity index (χ1v) is 7.02. The number of hydrogen-bond donors (Lipinski definition) is 0. The Morgan fingerprint density at radius 2 is 2.11 bits per heavy atom. The predicted octanol–water partition coefficient (Wildman–Crippen LogP) is 2.77. The average molecular weight is 261 g/mol. The zero-order chi connectivity index (χ0) is 13.7. The minimum Gasteiger partial charge on any atom is -0.469 e. The summed E-state index contributed by atoms with van der Waals surface area (Å²) in [5.74, 6) is 0.369. The average Bonchev–Trinajstić information content (AvgIpc) is 2.42. The summed E-state index contributed by atoms with van der Waals surface area (Å²) in [4.78, 5) is 13.8. The summed E-state index contributed by atoms with van der Waals surface area (Å²) in [7, 11) is 1.47. The van der Waals surface area contributed by atoms with Crippen molar-refractivity contribution >= 4 is 5.97 Å². The van der Waals surface area contributed by atoms with Gasteiger partial charge in [0.1, 0.15) is 0 Å². The molecule has 19 heavy (non-hydrogen) atoms. The third-order valence-electron chi connectivity index (χ3n) is 3.81. The molecule has 0 N–H and O–H groups in total. The molecule has 1 heterocycles. The third kappa shape index (κ3) is 4.35. The van der Waals surface area contributed by atoms with Crippen molar-refractivity contribution in [3.05, 3.63) is 35.4 Å². The van der Waals surface area contributed by atoms with E-state index in [9.17, 15) is 4.79 Å². The van der Waals surface area contributed by atoms with Crippen LogP contribution < -0.4 is 0 Å². The Morgan fingerprint density at radius 1 is 1.37 bits per heavy atom. The van der Waals surface area contributed by atoms with Gasteiger partial charge in [-0.1, -0.05) is 29.8 Å². The molecule has 1 unspecified atom stereocenters. The van der Waals surface area contributed by atoms with Gasteiger partial charge < -0.3 is 4.74 Å². The van der Waals surface area contributed by atoms with Crippen LogP contribution in [0, 0.1) is 12.8 Å². The van der Waals surface area contributed by atoms with Gasteiger partial charge in [0.05, 0.1) is 7.11 Å². The maximum Gasteiger partial charge on any atom is 0.305 e. The molecule has 0 radical (unpaired) electrons. The van der Waals surface area contributed by atoms with Crippen LogP contribution in [0.4, 0.5) is 0 Å². The van der Waals surface area contributed by atoms with Crippen LogP contribution in [0.1, 0.15) is 30.4 Å². The lowest BCUT2D eigenvalue weighted by Gasteiger charge is -2.32. The summed E-state index contributed by atoms with van der Waals surface area (Å²) >= 11 is 0. The van der Waals surface area contributed by atoms with E-state index < -0.39 is 0 Å². The molecule has 1 aliphatic heterocycles. The molecule has 0 bridgehead atoms. The third-order valence-corrected chi connectivity index (χ3v) is 3.81. The van der Waals surface area contributed by atoms with Crippen molar-refractivity contribution < 1.29 is 9.53 Å². The van der Waals surface area contributed by atoms with E-state index in [0.29, 0.717) is 12.3 Å². The number of esters is 1. The Labute approximate surface area is 115 Å². The maximum atomic E-state index is 11.3. The monoisotopic (exact) mass is 261 g/mol. The molecule has 1 atom stereocenters. The number of nitrogens with zero attached hydrogens (tertiary/aromatic N) is 1. The molecule has 1 saturated heterocycles. The van der Waals surface area contributed by atoms with Crippen LogP contribution in [0.5, 0.6) is 0 Å². The molecule has 0 saturated carbocycles. The second-order valence-electron chi connectivity index (χ2n) is 5.51. The fourth-order valence-corrected chi connectivity index (χ4v) is 2.73. The number of rotatable bonds is 4. The highest BCUT2D eigenvalue weighted by Gasteiger charge is 2.22. The summed E-state index contributed by atoms with van der Waals surface area (Å²) in [6, 6.07) is 8.70. The van der Waals surface area contributed by atoms with Gasteiger partial charge in [-0.05, 0) is 37.8 Å². The van der Waals surface area contributed by atoms with Gasteiger partial charge >= 0.3 is 5.97 Å². The Balaban J connectivity index is 1.87. The van der Waals surface area contributed by atoms with Crippen LogP contribution in [0.3, 0.4) is 0 Å². The van der Waals surface area contributed by atoms with Crippen LogP contribution in [-0.4, -0.2) is 31.1 Å². The number of ether oxygens (including phenoxy) is 1. The highest BCUT2D eigenvalue weighted by Crippen LogP contribution is 2.21. The van der Waals surface area contributed by atoms with Crippen LogP contribution in [0.2, 0.25) is 0 Å². The number of carbonyl (C=O) groups excluding carboxylic acids is 1. The molecule has 3 nitrogen and oxygen atoms in total. The van der Waals surface area contributed by atoms with Crippen molar-refractivity contribution in [3.8, 4) is 0 Å². The SMILES string of the molecule is COC(=O)CC1CCCN(Cc2ccc(C)cc2)C1. The van der Waals surface area contributed by atoms with Crippen molar-refractivity contribution in [1.82, 2.24) is 4.90 Å². The van der Waals surface area contributed by atoms with Crippen LogP contribution in [-0.2, 0) is 16.1 Å². The van der Waals surface area contributed by atoms with Crippen molar-refractivity contribution in [2.24, 2.45) is 5.92 Å². The highest BCUT2D eigenvalue weighted by molar-refractivity contribution is 5.69. The standard InChI is InChI=1S/C16H23NO2/c1-13-5-7-14(8-6-13)11-17-9-3-4-15(12-17)10-16(18)19-2/h5-8,15H,3-4,9-12H2,1-2H3. The number of piperidine rings is 1. The van der Waals surface area contributed by atoms with E-state index in [4.69, 9.17) is 4.74 Å². The van der Waals surface area contributed by atoms with E-state index in [2.05, 4.69) is 36.1 Å². The molecule has 0 aromatic heterocycles. The minimum absolute atomic E-state index is 0.0813. The minimum atomic E-state index is -0.0813. The normalized spacial score (nSPS) is 20.2. The predicted molar refractivity (Wildman–Crippen MR) is 75.8 cm³/mol. The molecule has 2 rings (SSSR count). The largest absolute Gasteiger partial charge is 0.469 e. The number of hydrogen-bond acceptors (Lipinski definition) is 3. The van der Waals surface area contributed by atoms with Gasteiger partial charge in [-0.3, -0.25) is 9.69 Å². The van der Waals surface area contributed by atoms with E-state index in [0.717, 1.165) is 26.1 Å². The van der Waals surface area contributed by atoms with Crippen molar-refractivity contribution in [3.63, 3.8) is 0 Å². The summed E-state index contributed by atoms with van der Waals surface area (Å²) < 4.78 is 4.76. The number of carbonyl (C=O) groups is 1. The van der Waals surface area contributed by atoms with Crippen molar-refractivity contribution in [1.29, 1.82) is 0 Å². The van der Waals surface area contributed by atoms with Gasteiger partial charge in [-0.2, -0.15) is 0 Å². The quantitative estimate of drug-likeness (QED) is 0.781. The summed E-state index contributed by atoms with van der Waals surface area (Å²) in [6.07, 6.45) is 2.87. The van der Waals surface area contributed by atoms with E-state index in [1.54, 1.807) is 0 Å². The van der Waals surface area contributed by atoms with Crippen LogP contribution >= 0.6 is 0 Å². The van der Waals surface area contributed by atoms with E-state index in [1.165, 1.54) is 24.7 Å². The van der Waals surface area contributed by atoms with Crippen molar-refractivity contribution in [2.45, 2.75) is 32.7 Å². The smallest absolute Gasteiger partial charge is 0.305 e. The molecule has 1 aromatic carbocycles. The Hall–Kier alpha value is -1.35. The fourth-order valence-electron chi connectivity index (χ4n) is 2.73. The van der Waals surface area contributed by atoms with Crippen molar-refractivity contribution in [2.75, 3.05) is 20.2 Å². The van der Waals surface area contributed by atoms with Crippen LogP contribution in [0.25, 0.3) is 0 Å². The lowest BCUT2D eigenvalue weighted by Crippen LogP contribution is -2.35. The first kappa shape index (κ1) is 14.1. The molecule has 0 aliphatic carbocycles. The summed E-state index contributed by atoms with van der Waals surface area (Å²) in [6.45, 7) is 5.23. The summed E-state index contributed by atoms with van der Waals surface area (Å²) in [5.41, 5.74) is 2.65.